The molecule has 5 nitrogen and oxygen atoms in total. The van der Waals surface area contributed by atoms with Crippen LogP contribution in [0.3, 0.4) is 0 Å². The van der Waals surface area contributed by atoms with E-state index in [1.165, 1.54) is 7.11 Å². The SMILES string of the molecule is C=C(NCCCS(=O)(=O)O)OC. The fourth-order valence-electron chi connectivity index (χ4n) is 0.555. The molecule has 0 radical (unpaired) electrons. The van der Waals surface area contributed by atoms with Crippen LogP contribution in [-0.2, 0) is 14.9 Å². The van der Waals surface area contributed by atoms with Crippen molar-refractivity contribution in [2.45, 2.75) is 6.42 Å². The van der Waals surface area contributed by atoms with E-state index in [1.807, 2.05) is 0 Å². The molecule has 0 bridgehead atoms. The van der Waals surface area contributed by atoms with Crippen LogP contribution < -0.4 is 5.32 Å². The van der Waals surface area contributed by atoms with Crippen molar-refractivity contribution < 1.29 is 17.7 Å². The molecule has 0 spiro atoms. The number of rotatable bonds is 6. The third kappa shape index (κ3) is 7.36. The van der Waals surface area contributed by atoms with Gasteiger partial charge >= 0.3 is 0 Å². The summed E-state index contributed by atoms with van der Waals surface area (Å²) in [5.41, 5.74) is 0. The molecule has 0 aliphatic carbocycles. The highest BCUT2D eigenvalue weighted by molar-refractivity contribution is 7.85. The fourth-order valence-corrected chi connectivity index (χ4v) is 1.06. The second kappa shape index (κ2) is 5.00. The molecule has 0 aromatic heterocycles. The van der Waals surface area contributed by atoms with Gasteiger partial charge < -0.3 is 10.1 Å². The number of hydrogen-bond acceptors (Lipinski definition) is 4. The van der Waals surface area contributed by atoms with E-state index in [4.69, 9.17) is 4.55 Å². The van der Waals surface area contributed by atoms with Gasteiger partial charge in [0.05, 0.1) is 12.9 Å². The summed E-state index contributed by atoms with van der Waals surface area (Å²) in [4.78, 5) is 0. The van der Waals surface area contributed by atoms with E-state index in [-0.39, 0.29) is 5.75 Å². The predicted molar refractivity (Wildman–Crippen MR) is 45.2 cm³/mol. The smallest absolute Gasteiger partial charge is 0.264 e. The molecule has 0 heterocycles. The van der Waals surface area contributed by atoms with Gasteiger partial charge in [-0.15, -0.1) is 0 Å². The Hall–Kier alpha value is -0.750. The largest absolute Gasteiger partial charge is 0.483 e. The van der Waals surface area contributed by atoms with Gasteiger partial charge in [0.2, 0.25) is 0 Å². The summed E-state index contributed by atoms with van der Waals surface area (Å²) < 4.78 is 33.4. The van der Waals surface area contributed by atoms with Crippen molar-refractivity contribution in [2.24, 2.45) is 0 Å². The molecule has 0 rings (SSSR count). The number of hydrogen-bond donors (Lipinski definition) is 2. The van der Waals surface area contributed by atoms with Crippen molar-refractivity contribution in [3.8, 4) is 0 Å². The number of nitrogens with one attached hydrogen (secondary N) is 1. The summed E-state index contributed by atoms with van der Waals surface area (Å²) in [6.07, 6.45) is 0.321. The maximum absolute atomic E-state index is 10.2. The second-order valence-electron chi connectivity index (χ2n) is 2.19. The van der Waals surface area contributed by atoms with Crippen molar-refractivity contribution in [3.05, 3.63) is 12.5 Å². The molecular formula is C6H13NO4S. The van der Waals surface area contributed by atoms with E-state index in [9.17, 15) is 8.42 Å². The van der Waals surface area contributed by atoms with Gasteiger partial charge in [-0.3, -0.25) is 4.55 Å². The maximum Gasteiger partial charge on any atom is 0.264 e. The molecule has 0 amide bonds. The van der Waals surface area contributed by atoms with Crippen LogP contribution in [0.4, 0.5) is 0 Å². The zero-order valence-corrected chi connectivity index (χ0v) is 7.73. The van der Waals surface area contributed by atoms with Crippen LogP contribution >= 0.6 is 0 Å². The third-order valence-electron chi connectivity index (χ3n) is 1.15. The minimum Gasteiger partial charge on any atom is -0.483 e. The van der Waals surface area contributed by atoms with E-state index in [0.717, 1.165) is 0 Å². The normalized spacial score (nSPS) is 10.8. The summed E-state index contributed by atoms with van der Waals surface area (Å²) in [6.45, 7) is 3.87. The third-order valence-corrected chi connectivity index (χ3v) is 1.95. The minimum atomic E-state index is -3.84. The van der Waals surface area contributed by atoms with Gasteiger partial charge in [-0.05, 0) is 13.0 Å². The monoisotopic (exact) mass is 195 g/mol. The predicted octanol–water partition coefficient (Wildman–Crippen LogP) is -0.0285. The molecule has 0 aliphatic rings. The second-order valence-corrected chi connectivity index (χ2v) is 3.77. The average Bonchev–Trinajstić information content (AvgIpc) is 1.96. The van der Waals surface area contributed by atoms with Gasteiger partial charge in [-0.25, -0.2) is 0 Å². The van der Waals surface area contributed by atoms with Crippen molar-refractivity contribution in [3.63, 3.8) is 0 Å². The Kier molecular flexibility index (Phi) is 4.68. The first kappa shape index (κ1) is 11.2. The Morgan fingerprint density at radius 2 is 2.25 bits per heavy atom. The van der Waals surface area contributed by atoms with E-state index in [1.54, 1.807) is 0 Å². The van der Waals surface area contributed by atoms with Crippen LogP contribution in [0.25, 0.3) is 0 Å². The number of ether oxygens (including phenoxy) is 1. The molecule has 72 valence electrons. The molecular weight excluding hydrogens is 182 g/mol. The van der Waals surface area contributed by atoms with Gasteiger partial charge in [-0.1, -0.05) is 0 Å². The van der Waals surface area contributed by atoms with Crippen molar-refractivity contribution in [1.82, 2.24) is 5.32 Å². The van der Waals surface area contributed by atoms with Crippen LogP contribution in [-0.4, -0.2) is 32.4 Å². The van der Waals surface area contributed by atoms with Crippen molar-refractivity contribution in [2.75, 3.05) is 19.4 Å². The molecule has 2 N–H and O–H groups in total. The summed E-state index contributed by atoms with van der Waals surface area (Å²) >= 11 is 0. The minimum absolute atomic E-state index is 0.253. The molecule has 0 saturated heterocycles. The summed E-state index contributed by atoms with van der Waals surface area (Å²) in [5, 5.41) is 2.71. The first-order chi connectivity index (χ1) is 5.45. The van der Waals surface area contributed by atoms with Crippen LogP contribution in [0, 0.1) is 0 Å². The zero-order chi connectivity index (χ0) is 9.61. The summed E-state index contributed by atoms with van der Waals surface area (Å²) in [7, 11) is -2.38. The molecule has 0 aromatic rings. The fraction of sp³-hybridized carbons (Fsp3) is 0.667. The Bertz CT molecular complexity index is 234. The molecule has 0 unspecified atom stereocenters. The van der Waals surface area contributed by atoms with Gasteiger partial charge in [0, 0.05) is 6.54 Å². The molecule has 0 fully saturated rings. The first-order valence-electron chi connectivity index (χ1n) is 3.37. The topological polar surface area (TPSA) is 75.6 Å². The van der Waals surface area contributed by atoms with Gasteiger partial charge in [0.1, 0.15) is 0 Å². The van der Waals surface area contributed by atoms with Crippen LogP contribution in [0.15, 0.2) is 12.5 Å². The van der Waals surface area contributed by atoms with Gasteiger partial charge in [-0.2, -0.15) is 8.42 Å². The molecule has 0 aromatic carbocycles. The van der Waals surface area contributed by atoms with E-state index < -0.39 is 10.1 Å². The van der Waals surface area contributed by atoms with Crippen molar-refractivity contribution in [1.29, 1.82) is 0 Å². The van der Waals surface area contributed by atoms with Gasteiger partial charge in [0.25, 0.3) is 10.1 Å². The lowest BCUT2D eigenvalue weighted by Gasteiger charge is -2.06. The molecule has 0 atom stereocenters. The first-order valence-corrected chi connectivity index (χ1v) is 4.98. The van der Waals surface area contributed by atoms with Crippen LogP contribution in [0.5, 0.6) is 0 Å². The highest BCUT2D eigenvalue weighted by Gasteiger charge is 2.02. The Morgan fingerprint density at radius 3 is 2.67 bits per heavy atom. The highest BCUT2D eigenvalue weighted by atomic mass is 32.2. The van der Waals surface area contributed by atoms with E-state index in [2.05, 4.69) is 16.6 Å². The number of methoxy groups -OCH3 is 1. The summed E-state index contributed by atoms with van der Waals surface area (Å²) in [6, 6.07) is 0. The average molecular weight is 195 g/mol. The molecule has 0 aliphatic heterocycles. The lowest BCUT2D eigenvalue weighted by atomic mass is 10.5. The van der Waals surface area contributed by atoms with Crippen molar-refractivity contribution >= 4 is 10.1 Å². The van der Waals surface area contributed by atoms with E-state index >= 15 is 0 Å². The highest BCUT2D eigenvalue weighted by Crippen LogP contribution is 1.88. The van der Waals surface area contributed by atoms with Gasteiger partial charge in [0.15, 0.2) is 5.88 Å². The lowest BCUT2D eigenvalue weighted by molar-refractivity contribution is 0.263. The molecule has 12 heavy (non-hydrogen) atoms. The van der Waals surface area contributed by atoms with Crippen LogP contribution in [0.1, 0.15) is 6.42 Å². The summed E-state index contributed by atoms with van der Waals surface area (Å²) in [5.74, 6) is 0.127. The Labute approximate surface area is 72.2 Å². The zero-order valence-electron chi connectivity index (χ0n) is 6.91. The standard InChI is InChI=1S/C6H13NO4S/c1-6(11-2)7-4-3-5-12(8,9)10/h7H,1,3-5H2,2H3,(H,8,9,10). The molecule has 0 saturated carbocycles. The Balaban J connectivity index is 3.40. The maximum atomic E-state index is 10.2. The lowest BCUT2D eigenvalue weighted by Crippen LogP contribution is -2.18. The quantitative estimate of drug-likeness (QED) is 0.353. The molecule has 6 heteroatoms. The Morgan fingerprint density at radius 1 is 1.67 bits per heavy atom. The van der Waals surface area contributed by atoms with E-state index in [0.29, 0.717) is 18.8 Å². The van der Waals surface area contributed by atoms with Crippen LogP contribution in [0.2, 0.25) is 0 Å².